The molecule has 6 atom stereocenters. The third-order valence-electron chi connectivity index (χ3n) is 6.84. The Morgan fingerprint density at radius 1 is 1.17 bits per heavy atom. The van der Waals surface area contributed by atoms with Gasteiger partial charge in [-0.15, -0.1) is 0 Å². The number of ether oxygens (including phenoxy) is 3. The Morgan fingerprint density at radius 2 is 1.81 bits per heavy atom. The Labute approximate surface area is 205 Å². The van der Waals surface area contributed by atoms with E-state index >= 15 is 0 Å². The largest absolute Gasteiger partial charge is 0.507 e. The van der Waals surface area contributed by atoms with Gasteiger partial charge in [0, 0.05) is 17.3 Å². The van der Waals surface area contributed by atoms with Gasteiger partial charge in [0.05, 0.1) is 17.7 Å². The Bertz CT molecular complexity index is 1240. The van der Waals surface area contributed by atoms with Gasteiger partial charge >= 0.3 is 0 Å². The van der Waals surface area contributed by atoms with E-state index in [1.54, 1.807) is 0 Å². The van der Waals surface area contributed by atoms with E-state index in [-0.39, 0.29) is 45.2 Å². The second kappa shape index (κ2) is 8.68. The summed E-state index contributed by atoms with van der Waals surface area (Å²) in [6, 6.07) is 0. The molecule has 0 amide bonds. The summed E-state index contributed by atoms with van der Waals surface area (Å²) in [5.41, 5.74) is 3.53. The molecule has 4 rings (SSSR count). The number of aliphatic hydroxyl groups is 4. The summed E-state index contributed by atoms with van der Waals surface area (Å²) in [6.45, 7) is 4.69. The van der Waals surface area contributed by atoms with Crippen molar-refractivity contribution in [2.24, 2.45) is 5.73 Å². The van der Waals surface area contributed by atoms with E-state index in [2.05, 4.69) is 0 Å². The predicted molar refractivity (Wildman–Crippen MR) is 120 cm³/mol. The summed E-state index contributed by atoms with van der Waals surface area (Å²) in [5, 5.41) is 51.1. The molecule has 1 fully saturated rings. The predicted octanol–water partition coefficient (Wildman–Crippen LogP) is -1.000. The first kappa shape index (κ1) is 25.8. The smallest absolute Gasteiger partial charge is 0.229 e. The Hall–Kier alpha value is -3.29. The van der Waals surface area contributed by atoms with Crippen molar-refractivity contribution >= 4 is 17.3 Å². The minimum Gasteiger partial charge on any atom is -0.507 e. The van der Waals surface area contributed by atoms with E-state index in [1.165, 1.54) is 27.7 Å². The zero-order chi connectivity index (χ0) is 26.9. The zero-order valence-electron chi connectivity index (χ0n) is 19.9. The van der Waals surface area contributed by atoms with Gasteiger partial charge in [-0.05, 0) is 27.7 Å². The Balaban J connectivity index is 1.90. The molecule has 0 saturated carbocycles. The maximum Gasteiger partial charge on any atom is 0.229 e. The van der Waals surface area contributed by atoms with E-state index in [1.807, 2.05) is 0 Å². The molecule has 0 spiro atoms. The van der Waals surface area contributed by atoms with Gasteiger partial charge in [-0.1, -0.05) is 0 Å². The highest BCUT2D eigenvalue weighted by Crippen LogP contribution is 2.58. The number of rotatable bonds is 4. The SMILES string of the molecule is CC(=O)c1c(OC2OC(CO)C(O)C(O)C2O)c(C)c(O)c2c1OC1=CC(=O)/C(=C(/C)N)C(=O)C12C. The van der Waals surface area contributed by atoms with Gasteiger partial charge < -0.3 is 45.5 Å². The van der Waals surface area contributed by atoms with Crippen LogP contribution < -0.4 is 15.2 Å². The summed E-state index contributed by atoms with van der Waals surface area (Å²) < 4.78 is 16.9. The zero-order valence-corrected chi connectivity index (χ0v) is 19.9. The van der Waals surface area contributed by atoms with E-state index < -0.39 is 65.8 Å². The summed E-state index contributed by atoms with van der Waals surface area (Å²) >= 11 is 0. The number of phenols is 1. The lowest BCUT2D eigenvalue weighted by molar-refractivity contribution is -0.277. The lowest BCUT2D eigenvalue weighted by atomic mass is 9.70. The van der Waals surface area contributed by atoms with Gasteiger partial charge in [-0.2, -0.15) is 0 Å². The average Bonchev–Trinajstić information content (AvgIpc) is 3.10. The van der Waals surface area contributed by atoms with Gasteiger partial charge in [-0.3, -0.25) is 14.4 Å². The van der Waals surface area contributed by atoms with Crippen molar-refractivity contribution in [3.8, 4) is 17.2 Å². The van der Waals surface area contributed by atoms with E-state index in [4.69, 9.17) is 19.9 Å². The van der Waals surface area contributed by atoms with Gasteiger partial charge in [0.2, 0.25) is 6.29 Å². The second-order valence-corrected chi connectivity index (χ2v) is 9.24. The van der Waals surface area contributed by atoms with Crippen LogP contribution in [0.15, 0.2) is 23.1 Å². The van der Waals surface area contributed by atoms with Crippen molar-refractivity contribution in [1.29, 1.82) is 0 Å². The fourth-order valence-electron chi connectivity index (χ4n) is 4.79. The summed E-state index contributed by atoms with van der Waals surface area (Å²) in [7, 11) is 0. The molecule has 1 aliphatic carbocycles. The number of phenolic OH excluding ortho intramolecular Hbond substituents is 1. The fourth-order valence-corrected chi connectivity index (χ4v) is 4.79. The summed E-state index contributed by atoms with van der Waals surface area (Å²) in [4.78, 5) is 38.8. The molecule has 0 aromatic heterocycles. The maximum absolute atomic E-state index is 13.4. The topological polar surface area (TPSA) is 206 Å². The molecular weight excluding hydrogens is 478 g/mol. The summed E-state index contributed by atoms with van der Waals surface area (Å²) in [5.74, 6) is -3.10. The highest BCUT2D eigenvalue weighted by Gasteiger charge is 2.56. The second-order valence-electron chi connectivity index (χ2n) is 9.24. The number of hydrogen-bond acceptors (Lipinski definition) is 12. The molecule has 0 radical (unpaired) electrons. The lowest BCUT2D eigenvalue weighted by Gasteiger charge is -2.40. The normalized spacial score (nSPS) is 32.9. The number of fused-ring (bicyclic) bond motifs is 3. The number of carbonyl (C=O) groups excluding carboxylic acids is 3. The fraction of sp³-hybridized carbons (Fsp3) is 0.458. The Kier molecular flexibility index (Phi) is 6.22. The van der Waals surface area contributed by atoms with Crippen molar-refractivity contribution < 1.29 is 54.1 Å². The van der Waals surface area contributed by atoms with Crippen molar-refractivity contribution in [2.75, 3.05) is 6.61 Å². The van der Waals surface area contributed by atoms with Crippen molar-refractivity contribution in [2.45, 2.75) is 63.8 Å². The maximum atomic E-state index is 13.4. The van der Waals surface area contributed by atoms with E-state index in [0.717, 1.165) is 6.08 Å². The molecule has 1 aromatic rings. The number of aromatic hydroxyl groups is 1. The van der Waals surface area contributed by atoms with Gasteiger partial charge in [0.15, 0.2) is 17.3 Å². The number of benzene rings is 1. The first-order valence-corrected chi connectivity index (χ1v) is 11.1. The highest BCUT2D eigenvalue weighted by atomic mass is 16.7. The highest BCUT2D eigenvalue weighted by molar-refractivity contribution is 6.31. The monoisotopic (exact) mass is 505 g/mol. The molecule has 36 heavy (non-hydrogen) atoms. The number of carbonyl (C=O) groups is 3. The third-order valence-corrected chi connectivity index (χ3v) is 6.84. The van der Waals surface area contributed by atoms with Gasteiger partial charge in [0.25, 0.3) is 0 Å². The average molecular weight is 505 g/mol. The molecule has 2 aliphatic heterocycles. The van der Waals surface area contributed by atoms with Crippen LogP contribution >= 0.6 is 0 Å². The van der Waals surface area contributed by atoms with Crippen LogP contribution in [0.25, 0.3) is 0 Å². The molecule has 0 bridgehead atoms. The minimum atomic E-state index is -1.79. The van der Waals surface area contributed by atoms with Crippen LogP contribution in [-0.4, -0.2) is 80.2 Å². The van der Waals surface area contributed by atoms with Gasteiger partial charge in [-0.25, -0.2) is 0 Å². The molecule has 12 heteroatoms. The number of allylic oxidation sites excluding steroid dienone is 4. The van der Waals surface area contributed by atoms with Crippen LogP contribution in [0, 0.1) is 6.92 Å². The minimum absolute atomic E-state index is 0.0134. The van der Waals surface area contributed by atoms with Crippen LogP contribution in [0.4, 0.5) is 0 Å². The number of Topliss-reactive ketones (excluding diaryl/α,β-unsaturated/α-hetero) is 2. The molecule has 3 aliphatic rings. The number of hydrogen-bond donors (Lipinski definition) is 6. The number of ketones is 3. The van der Waals surface area contributed by atoms with Crippen LogP contribution in [0.2, 0.25) is 0 Å². The molecule has 6 unspecified atom stereocenters. The van der Waals surface area contributed by atoms with Gasteiger partial charge in [0.1, 0.15) is 58.4 Å². The first-order chi connectivity index (χ1) is 16.8. The third kappa shape index (κ3) is 3.44. The lowest BCUT2D eigenvalue weighted by Crippen LogP contribution is -2.60. The van der Waals surface area contributed by atoms with E-state index in [9.17, 15) is 39.9 Å². The quantitative estimate of drug-likeness (QED) is 0.166. The molecular formula is C24H27NO11. The molecule has 194 valence electrons. The van der Waals surface area contributed by atoms with Crippen LogP contribution in [0.1, 0.15) is 42.3 Å². The molecule has 7 N–H and O–H groups in total. The van der Waals surface area contributed by atoms with Crippen molar-refractivity contribution in [3.63, 3.8) is 0 Å². The molecule has 2 heterocycles. The molecule has 1 saturated heterocycles. The van der Waals surface area contributed by atoms with Crippen LogP contribution in [0.3, 0.4) is 0 Å². The van der Waals surface area contributed by atoms with Crippen molar-refractivity contribution in [1.82, 2.24) is 0 Å². The standard InChI is InChI=1S/C24H27NO11/c1-7-16(29)15-21(35-12-5-10(28)13(8(2)25)22(33)24(12,15)4)14(9(3)27)20(7)36-23-19(32)18(31)17(30)11(6-26)34-23/h5,11,17-19,23,26,29-32H,6,25H2,1-4H3/b13-8+. The number of nitrogens with two attached hydrogens (primary N) is 1. The first-order valence-electron chi connectivity index (χ1n) is 11.1. The molecule has 12 nitrogen and oxygen atoms in total. The Morgan fingerprint density at radius 3 is 2.36 bits per heavy atom. The van der Waals surface area contributed by atoms with Crippen LogP contribution in [-0.2, 0) is 19.7 Å². The van der Waals surface area contributed by atoms with E-state index in [0.29, 0.717) is 0 Å². The summed E-state index contributed by atoms with van der Waals surface area (Å²) in [6.07, 6.45) is -7.05. The van der Waals surface area contributed by atoms with Crippen LogP contribution in [0.5, 0.6) is 17.2 Å². The van der Waals surface area contributed by atoms with Crippen molar-refractivity contribution in [3.05, 3.63) is 39.8 Å². The number of aliphatic hydroxyl groups excluding tert-OH is 4. The molecule has 1 aromatic carbocycles.